The molecule has 102 valence electrons. The summed E-state index contributed by atoms with van der Waals surface area (Å²) in [5, 5.41) is 10.5. The van der Waals surface area contributed by atoms with Gasteiger partial charge in [0.25, 0.3) is 0 Å². The maximum absolute atomic E-state index is 13.4. The van der Waals surface area contributed by atoms with E-state index < -0.39 is 16.4 Å². The van der Waals surface area contributed by atoms with Gasteiger partial charge in [-0.05, 0) is 37.3 Å². The molecule has 0 radical (unpaired) electrons. The number of hydrogen-bond donors (Lipinski definition) is 0. The van der Waals surface area contributed by atoms with Crippen molar-refractivity contribution in [3.63, 3.8) is 0 Å². The van der Waals surface area contributed by atoms with Crippen LogP contribution in [0.1, 0.15) is 17.3 Å². The molecule has 2 rings (SSSR count). The van der Waals surface area contributed by atoms with Crippen LogP contribution in [0.25, 0.3) is 0 Å². The molecule has 0 unspecified atom stereocenters. The highest BCUT2D eigenvalue weighted by molar-refractivity contribution is 5.94. The molecule has 0 saturated carbocycles. The first kappa shape index (κ1) is 13.7. The summed E-state index contributed by atoms with van der Waals surface area (Å²) in [4.78, 5) is 20.8. The van der Waals surface area contributed by atoms with E-state index in [0.717, 1.165) is 12.1 Å². The number of carbonyl (C=O) groups excluding carboxylic acids is 1. The predicted octanol–water partition coefficient (Wildman–Crippen LogP) is 3.73. The number of carbonyl (C=O) groups is 1. The topological polar surface area (TPSA) is 69.4 Å². The third kappa shape index (κ3) is 2.97. The van der Waals surface area contributed by atoms with E-state index >= 15 is 0 Å². The van der Waals surface area contributed by atoms with Gasteiger partial charge in [0.2, 0.25) is 5.82 Å². The molecule has 0 atom stereocenters. The summed E-state index contributed by atoms with van der Waals surface area (Å²) in [7, 11) is 0. The first-order valence-electron chi connectivity index (χ1n) is 5.70. The van der Waals surface area contributed by atoms with Crippen molar-refractivity contribution in [1.29, 1.82) is 0 Å². The Labute approximate surface area is 113 Å². The summed E-state index contributed by atoms with van der Waals surface area (Å²) in [5.74, 6) is -0.488. The van der Waals surface area contributed by atoms with Gasteiger partial charge in [-0.2, -0.15) is 4.39 Å². The summed E-state index contributed by atoms with van der Waals surface area (Å²) in [6.07, 6.45) is 0. The fourth-order valence-corrected chi connectivity index (χ4v) is 1.59. The molecule has 0 N–H and O–H groups in total. The first-order chi connectivity index (χ1) is 9.47. The largest absolute Gasteiger partial charge is 0.457 e. The second-order valence-electron chi connectivity index (χ2n) is 4.05. The third-order valence-electron chi connectivity index (χ3n) is 2.61. The lowest BCUT2D eigenvalue weighted by molar-refractivity contribution is -0.387. The quantitative estimate of drug-likeness (QED) is 0.484. The van der Waals surface area contributed by atoms with Crippen LogP contribution in [0.5, 0.6) is 11.5 Å². The standard InChI is InChI=1S/C14H10FNO4/c1-9(17)10-2-4-11(5-3-10)20-12-6-7-14(16(18)19)13(15)8-12/h2-8H,1H3. The van der Waals surface area contributed by atoms with Crippen LogP contribution in [0.15, 0.2) is 42.5 Å². The normalized spacial score (nSPS) is 10.1. The van der Waals surface area contributed by atoms with Crippen LogP contribution in [0.3, 0.4) is 0 Å². The number of ketones is 1. The summed E-state index contributed by atoms with van der Waals surface area (Å²) >= 11 is 0. The van der Waals surface area contributed by atoms with E-state index in [4.69, 9.17) is 4.74 Å². The van der Waals surface area contributed by atoms with E-state index in [0.29, 0.717) is 11.3 Å². The molecule has 0 aliphatic rings. The molecule has 0 heterocycles. The Morgan fingerprint density at radius 2 is 1.75 bits per heavy atom. The average molecular weight is 275 g/mol. The molecular formula is C14H10FNO4. The van der Waals surface area contributed by atoms with Gasteiger partial charge >= 0.3 is 5.69 Å². The molecular weight excluding hydrogens is 265 g/mol. The van der Waals surface area contributed by atoms with Crippen molar-refractivity contribution in [3.05, 3.63) is 64.0 Å². The van der Waals surface area contributed by atoms with Crippen LogP contribution in [0, 0.1) is 15.9 Å². The first-order valence-corrected chi connectivity index (χ1v) is 5.70. The number of nitro groups is 1. The van der Waals surface area contributed by atoms with Crippen molar-refractivity contribution < 1.29 is 18.8 Å². The number of hydrogen-bond acceptors (Lipinski definition) is 4. The second-order valence-corrected chi connectivity index (χ2v) is 4.05. The molecule has 0 amide bonds. The summed E-state index contributed by atoms with van der Waals surface area (Å²) < 4.78 is 18.8. The van der Waals surface area contributed by atoms with Crippen LogP contribution in [-0.4, -0.2) is 10.7 Å². The zero-order chi connectivity index (χ0) is 14.7. The summed E-state index contributed by atoms with van der Waals surface area (Å²) in [6.45, 7) is 1.45. The van der Waals surface area contributed by atoms with Gasteiger partial charge in [0, 0.05) is 17.7 Å². The highest BCUT2D eigenvalue weighted by Crippen LogP contribution is 2.26. The highest BCUT2D eigenvalue weighted by Gasteiger charge is 2.14. The molecule has 0 bridgehead atoms. The lowest BCUT2D eigenvalue weighted by Gasteiger charge is -2.06. The highest BCUT2D eigenvalue weighted by atomic mass is 19.1. The Kier molecular flexibility index (Phi) is 3.74. The number of nitro benzene ring substituents is 1. The van der Waals surface area contributed by atoms with Crippen molar-refractivity contribution in [1.82, 2.24) is 0 Å². The zero-order valence-corrected chi connectivity index (χ0v) is 10.5. The molecule has 0 aliphatic heterocycles. The Bertz CT molecular complexity index is 667. The average Bonchev–Trinajstić information content (AvgIpc) is 2.39. The molecule has 0 aliphatic carbocycles. The van der Waals surface area contributed by atoms with Crippen LogP contribution in [0.2, 0.25) is 0 Å². The minimum Gasteiger partial charge on any atom is -0.457 e. The maximum Gasteiger partial charge on any atom is 0.305 e. The molecule has 0 fully saturated rings. The van der Waals surface area contributed by atoms with Crippen LogP contribution in [0.4, 0.5) is 10.1 Å². The van der Waals surface area contributed by atoms with E-state index in [2.05, 4.69) is 0 Å². The fourth-order valence-electron chi connectivity index (χ4n) is 1.59. The van der Waals surface area contributed by atoms with Crippen molar-refractivity contribution in [3.8, 4) is 11.5 Å². The molecule has 2 aromatic carbocycles. The van der Waals surface area contributed by atoms with Gasteiger partial charge in [-0.3, -0.25) is 14.9 Å². The Hall–Kier alpha value is -2.76. The molecule has 20 heavy (non-hydrogen) atoms. The molecule has 0 spiro atoms. The lowest BCUT2D eigenvalue weighted by atomic mass is 10.1. The Balaban J connectivity index is 2.19. The van der Waals surface area contributed by atoms with Gasteiger partial charge < -0.3 is 4.74 Å². The number of Topliss-reactive ketones (excluding diaryl/α,β-unsaturated/α-hetero) is 1. The molecule has 0 saturated heterocycles. The van der Waals surface area contributed by atoms with Gasteiger partial charge in [0.1, 0.15) is 11.5 Å². The number of benzene rings is 2. The lowest BCUT2D eigenvalue weighted by Crippen LogP contribution is -1.94. The van der Waals surface area contributed by atoms with Crippen molar-refractivity contribution >= 4 is 11.5 Å². The number of rotatable bonds is 4. The molecule has 2 aromatic rings. The number of nitrogens with zero attached hydrogens (tertiary/aromatic N) is 1. The SMILES string of the molecule is CC(=O)c1ccc(Oc2ccc([N+](=O)[O-])c(F)c2)cc1. The molecule has 5 nitrogen and oxygen atoms in total. The van der Waals surface area contributed by atoms with Crippen molar-refractivity contribution in [2.24, 2.45) is 0 Å². The van der Waals surface area contributed by atoms with Gasteiger partial charge in [-0.1, -0.05) is 0 Å². The van der Waals surface area contributed by atoms with Crippen LogP contribution < -0.4 is 4.74 Å². The predicted molar refractivity (Wildman–Crippen MR) is 69.6 cm³/mol. The maximum atomic E-state index is 13.4. The Morgan fingerprint density at radius 1 is 1.15 bits per heavy atom. The van der Waals surface area contributed by atoms with Crippen LogP contribution in [-0.2, 0) is 0 Å². The van der Waals surface area contributed by atoms with E-state index in [1.165, 1.54) is 13.0 Å². The monoisotopic (exact) mass is 275 g/mol. The smallest absolute Gasteiger partial charge is 0.305 e. The van der Waals surface area contributed by atoms with Gasteiger partial charge in [0.05, 0.1) is 4.92 Å². The van der Waals surface area contributed by atoms with E-state index in [9.17, 15) is 19.3 Å². The third-order valence-corrected chi connectivity index (χ3v) is 2.61. The van der Waals surface area contributed by atoms with E-state index in [1.807, 2.05) is 0 Å². The van der Waals surface area contributed by atoms with Gasteiger partial charge in [-0.15, -0.1) is 0 Å². The van der Waals surface area contributed by atoms with Crippen molar-refractivity contribution in [2.45, 2.75) is 6.92 Å². The van der Waals surface area contributed by atoms with Crippen molar-refractivity contribution in [2.75, 3.05) is 0 Å². The minimum atomic E-state index is -0.965. The summed E-state index contributed by atoms with van der Waals surface area (Å²) in [6, 6.07) is 9.58. The van der Waals surface area contributed by atoms with E-state index in [1.54, 1.807) is 24.3 Å². The number of halogens is 1. The summed E-state index contributed by atoms with van der Waals surface area (Å²) in [5.41, 5.74) is -0.0727. The minimum absolute atomic E-state index is 0.0714. The van der Waals surface area contributed by atoms with E-state index in [-0.39, 0.29) is 11.5 Å². The van der Waals surface area contributed by atoms with Gasteiger partial charge in [0.15, 0.2) is 5.78 Å². The zero-order valence-electron chi connectivity index (χ0n) is 10.5. The molecule has 6 heteroatoms. The van der Waals surface area contributed by atoms with Crippen LogP contribution >= 0.6 is 0 Å². The van der Waals surface area contributed by atoms with Gasteiger partial charge in [-0.25, -0.2) is 0 Å². The second kappa shape index (κ2) is 5.48. The molecule has 0 aromatic heterocycles. The fraction of sp³-hybridized carbons (Fsp3) is 0.0714. The Morgan fingerprint density at radius 3 is 2.25 bits per heavy atom. The number of ether oxygens (including phenoxy) is 1.